The Labute approximate surface area is 366 Å². The number of nitrogens with one attached hydrogen (secondary N) is 1. The molecule has 2 fully saturated rings. The molecule has 17 heteroatoms. The molecule has 0 aromatic heterocycles. The molecule has 0 spiro atoms. The number of carbonyl (C=O) groups is 4. The molecular formula is C45H54N2O14S. The third kappa shape index (κ3) is 12.0. The monoisotopic (exact) mass is 878 g/mol. The molecule has 2 N–H and O–H groups in total. The molecule has 0 radical (unpaired) electrons. The Balaban J connectivity index is 1.21. The van der Waals surface area contributed by atoms with Crippen LogP contribution >= 0.6 is 12.2 Å². The second-order valence-corrected chi connectivity index (χ2v) is 15.9. The molecule has 6 rings (SSSR count). The van der Waals surface area contributed by atoms with Gasteiger partial charge in [-0.1, -0.05) is 48.6 Å². The van der Waals surface area contributed by atoms with E-state index in [1.807, 2.05) is 54.6 Å². The number of hydrogen-bond acceptors (Lipinski definition) is 16. The van der Waals surface area contributed by atoms with Gasteiger partial charge in [-0.05, 0) is 52.9 Å². The zero-order valence-electron chi connectivity index (χ0n) is 35.7. The van der Waals surface area contributed by atoms with Gasteiger partial charge in [-0.15, -0.1) is 0 Å². The predicted molar refractivity (Wildman–Crippen MR) is 226 cm³/mol. The van der Waals surface area contributed by atoms with Crippen molar-refractivity contribution in [2.45, 2.75) is 109 Å². The van der Waals surface area contributed by atoms with Crippen molar-refractivity contribution in [2.24, 2.45) is 0 Å². The van der Waals surface area contributed by atoms with E-state index >= 15 is 0 Å². The van der Waals surface area contributed by atoms with Gasteiger partial charge in [0.15, 0.2) is 36.1 Å². The molecule has 62 heavy (non-hydrogen) atoms. The third-order valence-electron chi connectivity index (χ3n) is 10.8. The van der Waals surface area contributed by atoms with Crippen LogP contribution in [0.3, 0.4) is 0 Å². The van der Waals surface area contributed by atoms with E-state index in [0.29, 0.717) is 36.7 Å². The first-order valence-corrected chi connectivity index (χ1v) is 20.8. The molecule has 16 nitrogen and oxygen atoms in total. The fourth-order valence-electron chi connectivity index (χ4n) is 8.06. The summed E-state index contributed by atoms with van der Waals surface area (Å²) in [4.78, 5) is 51.3. The molecule has 3 aromatic carbocycles. The zero-order chi connectivity index (χ0) is 44.5. The Morgan fingerprint density at radius 3 is 2.05 bits per heavy atom. The number of rotatable bonds is 15. The Hall–Kier alpha value is -5.17. The molecule has 334 valence electrons. The summed E-state index contributed by atoms with van der Waals surface area (Å²) < 4.78 is 52.7. The predicted octanol–water partition coefficient (Wildman–Crippen LogP) is 5.05. The lowest BCUT2D eigenvalue weighted by molar-refractivity contribution is -0.253. The van der Waals surface area contributed by atoms with Gasteiger partial charge < -0.3 is 53.1 Å². The normalized spacial score (nSPS) is 24.8. The lowest BCUT2D eigenvalue weighted by Crippen LogP contribution is -2.62. The minimum absolute atomic E-state index is 0.0410. The number of benzene rings is 3. The molecule has 3 aliphatic heterocycles. The van der Waals surface area contributed by atoms with Gasteiger partial charge in [-0.2, -0.15) is 0 Å². The van der Waals surface area contributed by atoms with Gasteiger partial charge in [0.25, 0.3) is 0 Å². The van der Waals surface area contributed by atoms with E-state index in [2.05, 4.69) is 16.3 Å². The number of aliphatic hydroxyl groups excluding tert-OH is 1. The van der Waals surface area contributed by atoms with E-state index in [1.165, 1.54) is 31.9 Å². The molecule has 0 amide bonds. The summed E-state index contributed by atoms with van der Waals surface area (Å²) in [6.45, 7) is 6.51. The fraction of sp³-hybridized carbons (Fsp3) is 0.489. The summed E-state index contributed by atoms with van der Waals surface area (Å²) in [5.74, 6) is -1.36. The molecular weight excluding hydrogens is 825 g/mol. The number of hydrogen-bond donors (Lipinski definition) is 2. The van der Waals surface area contributed by atoms with Crippen LogP contribution in [-0.2, 0) is 71.9 Å². The molecule has 1 unspecified atom stereocenters. The van der Waals surface area contributed by atoms with Gasteiger partial charge in [0.05, 0.1) is 38.0 Å². The summed E-state index contributed by atoms with van der Waals surface area (Å²) in [6.07, 6.45) is -5.82. The molecule has 0 bridgehead atoms. The van der Waals surface area contributed by atoms with Crippen LogP contribution in [0.4, 0.5) is 5.69 Å². The Kier molecular flexibility index (Phi) is 15.9. The van der Waals surface area contributed by atoms with E-state index in [0.717, 1.165) is 36.6 Å². The largest absolute Gasteiger partial charge is 0.493 e. The van der Waals surface area contributed by atoms with Gasteiger partial charge >= 0.3 is 23.9 Å². The first kappa shape index (κ1) is 46.3. The van der Waals surface area contributed by atoms with E-state index in [9.17, 15) is 24.3 Å². The van der Waals surface area contributed by atoms with Crippen molar-refractivity contribution >= 4 is 46.8 Å². The van der Waals surface area contributed by atoms with Gasteiger partial charge in [-0.3, -0.25) is 24.1 Å². The van der Waals surface area contributed by atoms with Crippen molar-refractivity contribution in [2.75, 3.05) is 39.2 Å². The van der Waals surface area contributed by atoms with Gasteiger partial charge in [0.1, 0.15) is 18.8 Å². The van der Waals surface area contributed by atoms with Crippen molar-refractivity contribution in [3.8, 4) is 11.5 Å². The van der Waals surface area contributed by atoms with Gasteiger partial charge in [0, 0.05) is 71.4 Å². The highest BCUT2D eigenvalue weighted by Gasteiger charge is 2.52. The molecule has 3 aromatic rings. The smallest absolute Gasteiger partial charge is 0.303 e. The van der Waals surface area contributed by atoms with Gasteiger partial charge in [0.2, 0.25) is 0 Å². The first-order chi connectivity index (χ1) is 29.7. The van der Waals surface area contributed by atoms with Gasteiger partial charge in [-0.25, -0.2) is 0 Å². The number of carbonyl (C=O) groups excluding carboxylic acids is 4. The summed E-state index contributed by atoms with van der Waals surface area (Å²) >= 11 is 5.81. The Morgan fingerprint density at radius 2 is 1.42 bits per heavy atom. The molecule has 8 atom stereocenters. The van der Waals surface area contributed by atoms with E-state index in [4.69, 9.17) is 54.8 Å². The van der Waals surface area contributed by atoms with Crippen molar-refractivity contribution < 1.29 is 66.9 Å². The summed E-state index contributed by atoms with van der Waals surface area (Å²) in [5, 5.41) is 12.9. The minimum atomic E-state index is -1.31. The lowest BCUT2D eigenvalue weighted by Gasteiger charge is -2.44. The highest BCUT2D eigenvalue weighted by Crippen LogP contribution is 2.40. The van der Waals surface area contributed by atoms with Crippen LogP contribution in [-0.4, -0.2) is 109 Å². The SMILES string of the molecule is COc1cc2c(cc1OC)CN(C[C@@H]1C[C@H](c3ccc(CO)cc3)OC(c3cccc(NC(=S)C[C@@H]4O[C@H](COC(C)=O)[C@@H](OC(C)=O)[C@H](OC(C)=O)[C@H]4OC(C)=O)c3)O1)CC2. The maximum Gasteiger partial charge on any atom is 0.303 e. The van der Waals surface area contributed by atoms with Crippen molar-refractivity contribution in [3.05, 3.63) is 88.5 Å². The van der Waals surface area contributed by atoms with Crippen LogP contribution in [0.1, 0.15) is 80.7 Å². The number of aliphatic hydroxyl groups is 1. The number of methoxy groups -OCH3 is 2. The van der Waals surface area contributed by atoms with Crippen LogP contribution in [0.15, 0.2) is 60.7 Å². The maximum absolute atomic E-state index is 12.4. The number of anilines is 1. The summed E-state index contributed by atoms with van der Waals surface area (Å²) in [7, 11) is 3.27. The molecule has 0 saturated carbocycles. The zero-order valence-corrected chi connectivity index (χ0v) is 36.5. The third-order valence-corrected chi connectivity index (χ3v) is 11.1. The topological polar surface area (TPSA) is 187 Å². The van der Waals surface area contributed by atoms with Crippen molar-refractivity contribution in [1.29, 1.82) is 0 Å². The van der Waals surface area contributed by atoms with Crippen LogP contribution < -0.4 is 14.8 Å². The quantitative estimate of drug-likeness (QED) is 0.117. The fourth-order valence-corrected chi connectivity index (χ4v) is 8.34. The average molecular weight is 879 g/mol. The number of thiocarbonyl (C=S) groups is 1. The molecule has 2 saturated heterocycles. The van der Waals surface area contributed by atoms with Crippen LogP contribution in [0, 0.1) is 0 Å². The standard InChI is InChI=1S/C45H54N2O14S/c1-25(49)55-24-40-43(57-27(3)51)44(58-28(4)52)42(56-26(2)50)39(60-40)20-41(62)46-34-9-7-8-32(16-34)45-59-35(19-36(61-45)30-12-10-29(23-48)11-13-30)22-47-15-14-31-17-37(53-5)38(54-6)18-33(31)21-47/h7-13,16-18,35-36,39-40,42-45,48H,14-15,19-24H2,1-6H3,(H,46,62)/t35-,36+,39-,40+,42-,43+,44+,45?/m0/s1. The average Bonchev–Trinajstić information content (AvgIpc) is 3.24. The van der Waals surface area contributed by atoms with E-state index in [-0.39, 0.29) is 36.8 Å². The number of esters is 4. The van der Waals surface area contributed by atoms with Crippen molar-refractivity contribution in [1.82, 2.24) is 4.90 Å². The summed E-state index contributed by atoms with van der Waals surface area (Å²) in [6, 6.07) is 19.2. The second-order valence-electron chi connectivity index (χ2n) is 15.4. The Bertz CT molecular complexity index is 2080. The maximum atomic E-state index is 12.4. The van der Waals surface area contributed by atoms with Crippen LogP contribution in [0.25, 0.3) is 0 Å². The highest BCUT2D eigenvalue weighted by molar-refractivity contribution is 7.80. The van der Waals surface area contributed by atoms with E-state index in [1.54, 1.807) is 14.2 Å². The lowest BCUT2D eigenvalue weighted by atomic mass is 9.92. The second kappa shape index (κ2) is 21.3. The number of ether oxygens (including phenoxy) is 9. The first-order valence-electron chi connectivity index (χ1n) is 20.4. The Morgan fingerprint density at radius 1 is 0.774 bits per heavy atom. The highest BCUT2D eigenvalue weighted by atomic mass is 32.1. The van der Waals surface area contributed by atoms with Crippen LogP contribution in [0.5, 0.6) is 11.5 Å². The summed E-state index contributed by atoms with van der Waals surface area (Å²) in [5.41, 5.74) is 5.49. The van der Waals surface area contributed by atoms with Crippen molar-refractivity contribution in [3.63, 3.8) is 0 Å². The molecule has 3 aliphatic rings. The number of nitrogens with zero attached hydrogens (tertiary/aromatic N) is 1. The minimum Gasteiger partial charge on any atom is -0.493 e. The van der Waals surface area contributed by atoms with Crippen LogP contribution in [0.2, 0.25) is 0 Å². The van der Waals surface area contributed by atoms with E-state index < -0.39 is 60.7 Å². The number of fused-ring (bicyclic) bond motifs is 1. The molecule has 3 heterocycles. The molecule has 0 aliphatic carbocycles.